The molecule has 0 amide bonds. The van der Waals surface area contributed by atoms with Crippen molar-refractivity contribution in [1.82, 2.24) is 10.3 Å². The summed E-state index contributed by atoms with van der Waals surface area (Å²) in [7, 11) is -4.32. The molecule has 0 spiro atoms. The molecule has 0 unspecified atom stereocenters. The molecule has 1 aliphatic rings. The molecule has 11 heteroatoms. The lowest BCUT2D eigenvalue weighted by atomic mass is 10.1. The van der Waals surface area contributed by atoms with Gasteiger partial charge < -0.3 is 15.0 Å². The van der Waals surface area contributed by atoms with Gasteiger partial charge in [-0.25, -0.2) is 8.42 Å². The van der Waals surface area contributed by atoms with Crippen LogP contribution < -0.4 is 15.0 Å². The smallest absolute Gasteiger partial charge is 0.404 e. The molecule has 1 fully saturated rings. The summed E-state index contributed by atoms with van der Waals surface area (Å²) in [6.07, 6.45) is -3.87. The number of pyridine rings is 1. The number of halogens is 4. The van der Waals surface area contributed by atoms with Crippen molar-refractivity contribution >= 4 is 42.4 Å². The fourth-order valence-electron chi connectivity index (χ4n) is 3.47. The molecule has 0 aliphatic carbocycles. The largest absolute Gasteiger partial charge is 0.573 e. The standard InChI is InChI=1S/C20H17BrF3N3O3S/c21-14-4-5-18(17(11-14)30-20(22,23)24)31(28,29)15-10-13-2-1-3-16(19(13)26-12-15)27-8-6-25-7-9-27/h1-5,10-12,25H,6-9H2. The zero-order valence-electron chi connectivity index (χ0n) is 16.0. The molecular formula is C20H17BrF3N3O3S. The number of benzene rings is 2. The van der Waals surface area contributed by atoms with Crippen molar-refractivity contribution in [1.29, 1.82) is 0 Å². The van der Waals surface area contributed by atoms with Crippen LogP contribution in [-0.2, 0) is 9.84 Å². The van der Waals surface area contributed by atoms with Crippen LogP contribution >= 0.6 is 15.9 Å². The molecule has 1 aliphatic heterocycles. The number of alkyl halides is 3. The van der Waals surface area contributed by atoms with Crippen LogP contribution in [0.1, 0.15) is 0 Å². The van der Waals surface area contributed by atoms with E-state index in [4.69, 9.17) is 0 Å². The van der Waals surface area contributed by atoms with Crippen molar-refractivity contribution in [2.75, 3.05) is 31.1 Å². The summed E-state index contributed by atoms with van der Waals surface area (Å²) in [6.45, 7) is 3.23. The predicted molar refractivity (Wildman–Crippen MR) is 113 cm³/mol. The topological polar surface area (TPSA) is 71.5 Å². The highest BCUT2D eigenvalue weighted by Crippen LogP contribution is 2.36. The van der Waals surface area contributed by atoms with Crippen molar-refractivity contribution in [3.63, 3.8) is 0 Å². The molecule has 0 bridgehead atoms. The molecule has 2 heterocycles. The van der Waals surface area contributed by atoms with E-state index in [-0.39, 0.29) is 9.37 Å². The van der Waals surface area contributed by atoms with E-state index in [0.29, 0.717) is 10.9 Å². The van der Waals surface area contributed by atoms with Gasteiger partial charge in [0, 0.05) is 42.2 Å². The van der Waals surface area contributed by atoms with E-state index in [1.807, 2.05) is 6.07 Å². The van der Waals surface area contributed by atoms with E-state index >= 15 is 0 Å². The number of ether oxygens (including phenoxy) is 1. The summed E-state index contributed by atoms with van der Waals surface area (Å²) in [4.78, 5) is 5.71. The third-order valence-corrected chi connectivity index (χ3v) is 7.11. The number of para-hydroxylation sites is 1. The van der Waals surface area contributed by atoms with Crippen molar-refractivity contribution in [2.45, 2.75) is 16.2 Å². The highest BCUT2D eigenvalue weighted by atomic mass is 79.9. The lowest BCUT2D eigenvalue weighted by Gasteiger charge is -2.30. The van der Waals surface area contributed by atoms with Crippen LogP contribution in [-0.4, -0.2) is 45.9 Å². The maximum atomic E-state index is 13.2. The molecule has 3 aromatic rings. The Hall–Kier alpha value is -2.37. The van der Waals surface area contributed by atoms with E-state index in [9.17, 15) is 21.6 Å². The van der Waals surface area contributed by atoms with E-state index in [1.54, 1.807) is 12.1 Å². The quantitative estimate of drug-likeness (QED) is 0.563. The van der Waals surface area contributed by atoms with Crippen LogP contribution in [0.25, 0.3) is 10.9 Å². The Kier molecular flexibility index (Phi) is 5.84. The van der Waals surface area contributed by atoms with E-state index in [0.717, 1.165) is 44.0 Å². The molecule has 1 saturated heterocycles. The summed E-state index contributed by atoms with van der Waals surface area (Å²) in [5, 5.41) is 3.84. The first kappa shape index (κ1) is 21.8. The molecule has 2 aromatic carbocycles. The predicted octanol–water partition coefficient (Wildman–Crippen LogP) is 4.14. The third-order valence-electron chi connectivity index (χ3n) is 4.85. The summed E-state index contributed by atoms with van der Waals surface area (Å²) in [5.41, 5.74) is 1.51. The number of nitrogens with one attached hydrogen (secondary N) is 1. The molecular weight excluding hydrogens is 499 g/mol. The molecule has 164 valence electrons. The second-order valence-electron chi connectivity index (χ2n) is 6.90. The number of rotatable bonds is 4. The number of aromatic nitrogens is 1. The number of sulfone groups is 1. The van der Waals surface area contributed by atoms with Gasteiger partial charge in [0.1, 0.15) is 10.6 Å². The summed E-state index contributed by atoms with van der Waals surface area (Å²) in [5.74, 6) is -0.809. The molecule has 1 N–H and O–H groups in total. The minimum absolute atomic E-state index is 0.216. The van der Waals surface area contributed by atoms with Crippen LogP contribution in [0.2, 0.25) is 0 Å². The maximum absolute atomic E-state index is 13.2. The van der Waals surface area contributed by atoms with Gasteiger partial charge in [-0.15, -0.1) is 13.2 Å². The van der Waals surface area contributed by atoms with Crippen molar-refractivity contribution in [3.05, 3.63) is 53.1 Å². The number of fused-ring (bicyclic) bond motifs is 1. The minimum Gasteiger partial charge on any atom is -0.404 e. The van der Waals surface area contributed by atoms with Crippen molar-refractivity contribution in [2.24, 2.45) is 0 Å². The van der Waals surface area contributed by atoms with Gasteiger partial charge in [-0.3, -0.25) is 4.98 Å². The molecule has 31 heavy (non-hydrogen) atoms. The van der Waals surface area contributed by atoms with Gasteiger partial charge in [0.25, 0.3) is 0 Å². The highest BCUT2D eigenvalue weighted by molar-refractivity contribution is 9.10. The van der Waals surface area contributed by atoms with Crippen LogP contribution in [0.15, 0.2) is 62.9 Å². The molecule has 0 radical (unpaired) electrons. The van der Waals surface area contributed by atoms with Crippen molar-refractivity contribution in [3.8, 4) is 5.75 Å². The minimum atomic E-state index is -5.04. The van der Waals surface area contributed by atoms with Crippen molar-refractivity contribution < 1.29 is 26.3 Å². The monoisotopic (exact) mass is 515 g/mol. The molecule has 4 rings (SSSR count). The zero-order valence-corrected chi connectivity index (χ0v) is 18.4. The summed E-state index contributed by atoms with van der Waals surface area (Å²) >= 11 is 3.04. The lowest BCUT2D eigenvalue weighted by Crippen LogP contribution is -2.43. The molecule has 6 nitrogen and oxygen atoms in total. The Morgan fingerprint density at radius 2 is 1.84 bits per heavy atom. The summed E-state index contributed by atoms with van der Waals surface area (Å²) in [6, 6.07) is 10.2. The van der Waals surface area contributed by atoms with Gasteiger partial charge in [-0.2, -0.15) is 0 Å². The van der Waals surface area contributed by atoms with Gasteiger partial charge in [0.05, 0.1) is 16.1 Å². The normalized spacial score (nSPS) is 15.3. The van der Waals surface area contributed by atoms with Gasteiger partial charge in [-0.1, -0.05) is 28.1 Å². The number of hydrogen-bond donors (Lipinski definition) is 1. The number of nitrogens with zero attached hydrogens (tertiary/aromatic N) is 2. The zero-order chi connectivity index (χ0) is 22.2. The average molecular weight is 516 g/mol. The highest BCUT2D eigenvalue weighted by Gasteiger charge is 2.35. The van der Waals surface area contributed by atoms with E-state index in [1.165, 1.54) is 18.3 Å². The first-order valence-electron chi connectivity index (χ1n) is 9.30. The first-order valence-corrected chi connectivity index (χ1v) is 11.6. The number of piperazine rings is 1. The fourth-order valence-corrected chi connectivity index (χ4v) is 5.15. The molecule has 0 saturated carbocycles. The van der Waals surface area contributed by atoms with Gasteiger partial charge in [0.2, 0.25) is 9.84 Å². The molecule has 1 aromatic heterocycles. The van der Waals surface area contributed by atoms with Crippen LogP contribution in [0, 0.1) is 0 Å². The number of anilines is 1. The number of hydrogen-bond acceptors (Lipinski definition) is 6. The average Bonchev–Trinajstić information content (AvgIpc) is 2.72. The summed E-state index contributed by atoms with van der Waals surface area (Å²) < 4.78 is 69.0. The van der Waals surface area contributed by atoms with Crippen LogP contribution in [0.3, 0.4) is 0 Å². The Labute approximate surface area is 185 Å². The Bertz CT molecular complexity index is 1230. The fraction of sp³-hybridized carbons (Fsp3) is 0.250. The second-order valence-corrected chi connectivity index (χ2v) is 9.73. The van der Waals surface area contributed by atoms with E-state index < -0.39 is 26.8 Å². The lowest BCUT2D eigenvalue weighted by molar-refractivity contribution is -0.275. The first-order chi connectivity index (χ1) is 14.6. The van der Waals surface area contributed by atoms with Gasteiger partial charge >= 0.3 is 6.36 Å². The Morgan fingerprint density at radius 1 is 1.10 bits per heavy atom. The maximum Gasteiger partial charge on any atom is 0.573 e. The second kappa shape index (κ2) is 8.29. The Morgan fingerprint density at radius 3 is 2.55 bits per heavy atom. The third kappa shape index (κ3) is 4.63. The van der Waals surface area contributed by atoms with Gasteiger partial charge in [0.15, 0.2) is 0 Å². The van der Waals surface area contributed by atoms with Gasteiger partial charge in [-0.05, 0) is 30.3 Å². The Balaban J connectivity index is 1.78. The van der Waals surface area contributed by atoms with Crippen LogP contribution in [0.5, 0.6) is 5.75 Å². The SMILES string of the molecule is O=S(=O)(c1cnc2c(N3CCNCC3)cccc2c1)c1ccc(Br)cc1OC(F)(F)F. The van der Waals surface area contributed by atoms with E-state index in [2.05, 4.69) is 35.9 Å². The van der Waals surface area contributed by atoms with Crippen LogP contribution in [0.4, 0.5) is 18.9 Å². The molecule has 0 atom stereocenters.